The van der Waals surface area contributed by atoms with Crippen LogP contribution in [0.25, 0.3) is 6.08 Å². The quantitative estimate of drug-likeness (QED) is 0.577. The fraction of sp³-hybridized carbons (Fsp3) is 0.190. The van der Waals surface area contributed by atoms with Crippen LogP contribution in [0.2, 0.25) is 0 Å². The van der Waals surface area contributed by atoms with Crippen molar-refractivity contribution < 1.29 is 14.7 Å². The monoisotopic (exact) mass is 363 g/mol. The second kappa shape index (κ2) is 9.20. The molecule has 0 aromatic heterocycles. The van der Waals surface area contributed by atoms with E-state index in [4.69, 9.17) is 5.11 Å². The summed E-state index contributed by atoms with van der Waals surface area (Å²) in [6, 6.07) is 15.3. The number of carbonyl (C=O) groups is 2. The number of carboxylic acids is 1. The molecule has 0 saturated carbocycles. The molecule has 0 bridgehead atoms. The summed E-state index contributed by atoms with van der Waals surface area (Å²) in [5.74, 6) is -1.59. The Morgan fingerprint density at radius 2 is 1.67 bits per heavy atom. The van der Waals surface area contributed by atoms with E-state index in [9.17, 15) is 14.9 Å². The molecule has 2 aromatic rings. The summed E-state index contributed by atoms with van der Waals surface area (Å²) in [6.45, 7) is 5.97. The lowest BCUT2D eigenvalue weighted by atomic mass is 10.1. The smallest absolute Gasteiger partial charge is 0.335 e. The molecule has 0 aliphatic rings. The summed E-state index contributed by atoms with van der Waals surface area (Å²) in [5, 5.41) is 20.8. The van der Waals surface area contributed by atoms with E-state index in [2.05, 4.69) is 24.1 Å². The zero-order chi connectivity index (χ0) is 19.8. The maximum Gasteiger partial charge on any atom is 0.335 e. The molecule has 2 N–H and O–H groups in total. The molecule has 0 heterocycles. The molecular formula is C21H21N3O3. The Bertz CT molecular complexity index is 874. The van der Waals surface area contributed by atoms with Crippen molar-refractivity contribution in [1.29, 1.82) is 5.26 Å². The molecular weight excluding hydrogens is 342 g/mol. The Balaban J connectivity index is 2.14. The van der Waals surface area contributed by atoms with E-state index in [1.54, 1.807) is 0 Å². The van der Waals surface area contributed by atoms with Gasteiger partial charge in [0.05, 0.1) is 5.56 Å². The van der Waals surface area contributed by atoms with Crippen molar-refractivity contribution >= 4 is 29.3 Å². The highest BCUT2D eigenvalue weighted by Crippen LogP contribution is 2.17. The van der Waals surface area contributed by atoms with E-state index in [0.717, 1.165) is 24.3 Å². The minimum atomic E-state index is -1.04. The molecule has 0 fully saturated rings. The van der Waals surface area contributed by atoms with Crippen molar-refractivity contribution in [3.8, 4) is 6.07 Å². The molecule has 0 atom stereocenters. The molecule has 1 amide bonds. The van der Waals surface area contributed by atoms with Crippen LogP contribution in [0.4, 0.5) is 11.4 Å². The molecule has 0 radical (unpaired) electrons. The Hall–Kier alpha value is -3.59. The first kappa shape index (κ1) is 19.7. The van der Waals surface area contributed by atoms with Crippen LogP contribution in [0.3, 0.4) is 0 Å². The Morgan fingerprint density at radius 1 is 1.07 bits per heavy atom. The predicted molar refractivity (Wildman–Crippen MR) is 106 cm³/mol. The number of rotatable bonds is 7. The highest BCUT2D eigenvalue weighted by atomic mass is 16.4. The molecule has 6 heteroatoms. The number of nitrogens with one attached hydrogen (secondary N) is 1. The molecule has 0 aliphatic heterocycles. The molecule has 2 rings (SSSR count). The third-order valence-electron chi connectivity index (χ3n) is 4.09. The summed E-state index contributed by atoms with van der Waals surface area (Å²) in [4.78, 5) is 25.4. The average molecular weight is 363 g/mol. The molecule has 27 heavy (non-hydrogen) atoms. The minimum absolute atomic E-state index is 0.0344. The zero-order valence-electron chi connectivity index (χ0n) is 15.3. The van der Waals surface area contributed by atoms with Gasteiger partial charge in [-0.1, -0.05) is 12.1 Å². The maximum absolute atomic E-state index is 12.3. The summed E-state index contributed by atoms with van der Waals surface area (Å²) in [6.07, 6.45) is 1.52. The fourth-order valence-electron chi connectivity index (χ4n) is 2.58. The van der Waals surface area contributed by atoms with E-state index >= 15 is 0 Å². The molecule has 138 valence electrons. The second-order valence-electron chi connectivity index (χ2n) is 5.77. The molecule has 0 aliphatic carbocycles. The van der Waals surface area contributed by atoms with Crippen LogP contribution < -0.4 is 10.2 Å². The molecule has 0 unspecified atom stereocenters. The number of nitriles is 1. The lowest BCUT2D eigenvalue weighted by Gasteiger charge is -2.20. The zero-order valence-corrected chi connectivity index (χ0v) is 15.3. The van der Waals surface area contributed by atoms with Gasteiger partial charge < -0.3 is 15.3 Å². The summed E-state index contributed by atoms with van der Waals surface area (Å²) < 4.78 is 0. The van der Waals surface area contributed by atoms with Crippen LogP contribution in [0.1, 0.15) is 29.8 Å². The van der Waals surface area contributed by atoms with Gasteiger partial charge in [0.25, 0.3) is 5.91 Å². The van der Waals surface area contributed by atoms with Crippen LogP contribution in [0, 0.1) is 11.3 Å². The Kier molecular flexibility index (Phi) is 6.73. The van der Waals surface area contributed by atoms with Gasteiger partial charge in [-0.05, 0) is 61.9 Å². The molecule has 0 spiro atoms. The molecule has 2 aromatic carbocycles. The summed E-state index contributed by atoms with van der Waals surface area (Å²) in [7, 11) is 0. The SMILES string of the molecule is CCN(CC)c1ccc(/C=C(\C#N)C(=O)Nc2ccc(C(=O)O)cc2)cc1. The van der Waals surface area contributed by atoms with Crippen molar-refractivity contribution in [2.45, 2.75) is 13.8 Å². The van der Waals surface area contributed by atoms with Crippen molar-refractivity contribution in [1.82, 2.24) is 0 Å². The lowest BCUT2D eigenvalue weighted by molar-refractivity contribution is -0.112. The van der Waals surface area contributed by atoms with E-state index in [1.165, 1.54) is 30.3 Å². The number of aromatic carboxylic acids is 1. The first-order valence-corrected chi connectivity index (χ1v) is 8.60. The van der Waals surface area contributed by atoms with Gasteiger partial charge in [-0.15, -0.1) is 0 Å². The normalized spacial score (nSPS) is 10.8. The van der Waals surface area contributed by atoms with Crippen molar-refractivity contribution in [3.63, 3.8) is 0 Å². The predicted octanol–water partition coefficient (Wildman–Crippen LogP) is 3.78. The highest BCUT2D eigenvalue weighted by molar-refractivity contribution is 6.09. The van der Waals surface area contributed by atoms with E-state index in [-0.39, 0.29) is 11.1 Å². The standard InChI is InChI=1S/C21H21N3O3/c1-3-24(4-2)19-11-5-15(6-12-19)13-17(14-22)20(25)23-18-9-7-16(8-10-18)21(26)27/h5-13H,3-4H2,1-2H3,(H,23,25)(H,26,27)/b17-13+. The van der Waals surface area contributed by atoms with Crippen molar-refractivity contribution in [2.24, 2.45) is 0 Å². The topological polar surface area (TPSA) is 93.4 Å². The summed E-state index contributed by atoms with van der Waals surface area (Å²) >= 11 is 0. The third-order valence-corrected chi connectivity index (χ3v) is 4.09. The Morgan fingerprint density at radius 3 is 2.15 bits per heavy atom. The van der Waals surface area contributed by atoms with Crippen LogP contribution in [-0.2, 0) is 4.79 Å². The van der Waals surface area contributed by atoms with Gasteiger partial charge in [0, 0.05) is 24.5 Å². The number of anilines is 2. The van der Waals surface area contributed by atoms with Crippen molar-refractivity contribution in [2.75, 3.05) is 23.3 Å². The molecule has 6 nitrogen and oxygen atoms in total. The second-order valence-corrected chi connectivity index (χ2v) is 5.77. The molecule has 0 saturated heterocycles. The fourth-order valence-corrected chi connectivity index (χ4v) is 2.58. The number of amides is 1. The first-order valence-electron chi connectivity index (χ1n) is 8.60. The largest absolute Gasteiger partial charge is 0.478 e. The minimum Gasteiger partial charge on any atom is -0.478 e. The van der Waals surface area contributed by atoms with Gasteiger partial charge in [-0.3, -0.25) is 4.79 Å². The number of carbonyl (C=O) groups excluding carboxylic acids is 1. The van der Waals surface area contributed by atoms with Crippen LogP contribution in [0.5, 0.6) is 0 Å². The van der Waals surface area contributed by atoms with Crippen LogP contribution in [-0.4, -0.2) is 30.1 Å². The van der Waals surface area contributed by atoms with Gasteiger partial charge in [-0.25, -0.2) is 4.79 Å². The van der Waals surface area contributed by atoms with Crippen LogP contribution >= 0.6 is 0 Å². The number of hydrogen-bond acceptors (Lipinski definition) is 4. The van der Waals surface area contributed by atoms with Crippen LogP contribution in [0.15, 0.2) is 54.1 Å². The van der Waals surface area contributed by atoms with Gasteiger partial charge in [0.15, 0.2) is 0 Å². The van der Waals surface area contributed by atoms with Gasteiger partial charge >= 0.3 is 5.97 Å². The number of hydrogen-bond donors (Lipinski definition) is 2. The van der Waals surface area contributed by atoms with E-state index in [1.807, 2.05) is 30.3 Å². The van der Waals surface area contributed by atoms with E-state index in [0.29, 0.717) is 5.69 Å². The maximum atomic E-state index is 12.3. The highest BCUT2D eigenvalue weighted by Gasteiger charge is 2.10. The van der Waals surface area contributed by atoms with E-state index < -0.39 is 11.9 Å². The third kappa shape index (κ3) is 5.19. The van der Waals surface area contributed by atoms with Gasteiger partial charge in [0.2, 0.25) is 0 Å². The van der Waals surface area contributed by atoms with Gasteiger partial charge in [0.1, 0.15) is 11.6 Å². The Labute approximate surface area is 158 Å². The number of nitrogens with zero attached hydrogens (tertiary/aromatic N) is 2. The van der Waals surface area contributed by atoms with Gasteiger partial charge in [-0.2, -0.15) is 5.26 Å². The number of carboxylic acid groups (broad SMARTS) is 1. The lowest BCUT2D eigenvalue weighted by Crippen LogP contribution is -2.21. The van der Waals surface area contributed by atoms with Crippen molar-refractivity contribution in [3.05, 3.63) is 65.2 Å². The average Bonchev–Trinajstić information content (AvgIpc) is 2.68. The number of benzene rings is 2. The first-order chi connectivity index (χ1) is 13.0. The summed E-state index contributed by atoms with van der Waals surface area (Å²) in [5.41, 5.74) is 2.34.